The van der Waals surface area contributed by atoms with E-state index in [-0.39, 0.29) is 17.9 Å². The van der Waals surface area contributed by atoms with Gasteiger partial charge >= 0.3 is 0 Å². The summed E-state index contributed by atoms with van der Waals surface area (Å²) in [7, 11) is 0. The Morgan fingerprint density at radius 1 is 1.24 bits per heavy atom. The van der Waals surface area contributed by atoms with Crippen molar-refractivity contribution < 1.29 is 14.3 Å². The highest BCUT2D eigenvalue weighted by molar-refractivity contribution is 6.04. The lowest BCUT2D eigenvalue weighted by Crippen LogP contribution is -2.11. The fraction of sp³-hybridized carbons (Fsp3) is 0.0625. The molecule has 0 saturated heterocycles. The zero-order valence-corrected chi connectivity index (χ0v) is 11.1. The van der Waals surface area contributed by atoms with Gasteiger partial charge in [0.05, 0.1) is 12.1 Å². The highest BCUT2D eigenvalue weighted by atomic mass is 19.1. The lowest BCUT2D eigenvalue weighted by atomic mass is 10.1. The van der Waals surface area contributed by atoms with Crippen LogP contribution in [0.25, 0.3) is 0 Å². The van der Waals surface area contributed by atoms with Crippen LogP contribution >= 0.6 is 0 Å². The van der Waals surface area contributed by atoms with Crippen LogP contribution in [0, 0.1) is 17.7 Å². The van der Waals surface area contributed by atoms with E-state index in [2.05, 4.69) is 17.2 Å². The molecule has 0 saturated carbocycles. The molecule has 0 aliphatic rings. The molecule has 4 nitrogen and oxygen atoms in total. The number of nitrogens with two attached hydrogens (primary N) is 1. The molecule has 0 atom stereocenters. The van der Waals surface area contributed by atoms with E-state index in [1.165, 1.54) is 36.4 Å². The molecular formula is C16H13FN2O2. The van der Waals surface area contributed by atoms with Crippen molar-refractivity contribution in [1.82, 2.24) is 0 Å². The zero-order valence-electron chi connectivity index (χ0n) is 11.1. The number of hydrogen-bond acceptors (Lipinski definition) is 3. The van der Waals surface area contributed by atoms with Crippen molar-refractivity contribution in [3.05, 3.63) is 59.4 Å². The number of carbonyl (C=O) groups is 1. The van der Waals surface area contributed by atoms with Crippen LogP contribution in [0.1, 0.15) is 15.9 Å². The number of rotatable bonds is 2. The molecule has 0 fully saturated rings. The molecule has 2 aromatic carbocycles. The normalized spacial score (nSPS) is 9.62. The van der Waals surface area contributed by atoms with E-state index in [9.17, 15) is 9.18 Å². The predicted molar refractivity (Wildman–Crippen MR) is 78.4 cm³/mol. The second-order valence-electron chi connectivity index (χ2n) is 4.20. The van der Waals surface area contributed by atoms with Gasteiger partial charge in [0.2, 0.25) is 0 Å². The van der Waals surface area contributed by atoms with Crippen LogP contribution < -0.4 is 11.1 Å². The molecule has 0 heterocycles. The van der Waals surface area contributed by atoms with Crippen LogP contribution in [0.5, 0.6) is 5.75 Å². The summed E-state index contributed by atoms with van der Waals surface area (Å²) < 4.78 is 13.8. The number of halogens is 1. The Kier molecular flexibility index (Phi) is 4.54. The molecule has 0 aliphatic heterocycles. The minimum atomic E-state index is -0.528. The van der Waals surface area contributed by atoms with E-state index in [1.807, 2.05) is 0 Å². The van der Waals surface area contributed by atoms with Gasteiger partial charge in [-0.2, -0.15) is 0 Å². The second-order valence-corrected chi connectivity index (χ2v) is 4.20. The monoisotopic (exact) mass is 284 g/mol. The second kappa shape index (κ2) is 6.55. The molecule has 0 aromatic heterocycles. The maximum Gasteiger partial charge on any atom is 0.255 e. The molecule has 0 bridgehead atoms. The predicted octanol–water partition coefficient (Wildman–Crippen LogP) is 2.09. The Morgan fingerprint density at radius 3 is 2.57 bits per heavy atom. The van der Waals surface area contributed by atoms with Crippen molar-refractivity contribution in [3.63, 3.8) is 0 Å². The largest absolute Gasteiger partial charge is 0.508 e. The average molecular weight is 284 g/mol. The Labute approximate surface area is 121 Å². The quantitative estimate of drug-likeness (QED) is 0.739. The van der Waals surface area contributed by atoms with Gasteiger partial charge in [-0.25, -0.2) is 4.39 Å². The molecule has 0 spiro atoms. The fourth-order valence-corrected chi connectivity index (χ4v) is 1.66. The molecule has 2 rings (SSSR count). The van der Waals surface area contributed by atoms with Gasteiger partial charge in [0.1, 0.15) is 11.6 Å². The fourth-order valence-electron chi connectivity index (χ4n) is 1.66. The minimum absolute atomic E-state index is 0.0698. The molecule has 4 N–H and O–H groups in total. The van der Waals surface area contributed by atoms with Crippen molar-refractivity contribution in [2.45, 2.75) is 0 Å². The van der Waals surface area contributed by atoms with Crippen molar-refractivity contribution >= 4 is 11.6 Å². The van der Waals surface area contributed by atoms with Crippen molar-refractivity contribution in [2.24, 2.45) is 5.73 Å². The van der Waals surface area contributed by atoms with Gasteiger partial charge < -0.3 is 16.2 Å². The lowest BCUT2D eigenvalue weighted by Gasteiger charge is -2.06. The Morgan fingerprint density at radius 2 is 1.95 bits per heavy atom. The van der Waals surface area contributed by atoms with Crippen molar-refractivity contribution in [1.29, 1.82) is 0 Å². The summed E-state index contributed by atoms with van der Waals surface area (Å²) in [5.41, 5.74) is 6.14. The molecule has 1 amide bonds. The Bertz CT molecular complexity index is 715. The summed E-state index contributed by atoms with van der Waals surface area (Å²) >= 11 is 0. The SMILES string of the molecule is NCC#Cc1ccc(NC(=O)c2ccc(O)cc2)cc1F. The summed E-state index contributed by atoms with van der Waals surface area (Å²) in [4.78, 5) is 11.9. The van der Waals surface area contributed by atoms with Crippen LogP contribution in [-0.4, -0.2) is 17.6 Å². The number of hydrogen-bond donors (Lipinski definition) is 3. The van der Waals surface area contributed by atoms with Crippen LogP contribution in [-0.2, 0) is 0 Å². The lowest BCUT2D eigenvalue weighted by molar-refractivity contribution is 0.102. The summed E-state index contributed by atoms with van der Waals surface area (Å²) in [6.07, 6.45) is 0. The first-order valence-electron chi connectivity index (χ1n) is 6.19. The number of phenols is 1. The molecule has 0 unspecified atom stereocenters. The van der Waals surface area contributed by atoms with E-state index < -0.39 is 11.7 Å². The number of aromatic hydroxyl groups is 1. The third kappa shape index (κ3) is 3.81. The number of nitrogens with one attached hydrogen (secondary N) is 1. The van der Waals surface area contributed by atoms with Gasteiger partial charge in [0, 0.05) is 11.3 Å². The molecular weight excluding hydrogens is 271 g/mol. The number of carbonyl (C=O) groups excluding carboxylic acids is 1. The van der Waals surface area contributed by atoms with Gasteiger partial charge in [-0.3, -0.25) is 4.79 Å². The highest BCUT2D eigenvalue weighted by Crippen LogP contribution is 2.16. The molecule has 0 aliphatic carbocycles. The summed E-state index contributed by atoms with van der Waals surface area (Å²) in [5, 5.41) is 11.7. The first-order valence-corrected chi connectivity index (χ1v) is 6.19. The molecule has 106 valence electrons. The number of benzene rings is 2. The maximum atomic E-state index is 13.8. The third-order valence-electron chi connectivity index (χ3n) is 2.68. The number of amides is 1. The van der Waals surface area contributed by atoms with E-state index in [4.69, 9.17) is 10.8 Å². The Hall–Kier alpha value is -2.84. The molecule has 21 heavy (non-hydrogen) atoms. The zero-order chi connectivity index (χ0) is 15.2. The molecule has 0 radical (unpaired) electrons. The first kappa shape index (κ1) is 14.6. The van der Waals surface area contributed by atoms with E-state index >= 15 is 0 Å². The van der Waals surface area contributed by atoms with Crippen LogP contribution in [0.4, 0.5) is 10.1 Å². The molecule has 5 heteroatoms. The number of anilines is 1. The van der Waals surface area contributed by atoms with E-state index in [0.717, 1.165) is 0 Å². The number of phenolic OH excluding ortho intramolecular Hbond substituents is 1. The standard InChI is InChI=1S/C16H13FN2O2/c17-15-10-13(6-3-11(15)2-1-9-18)19-16(21)12-4-7-14(20)8-5-12/h3-8,10,20H,9,18H2,(H,19,21). The van der Waals surface area contributed by atoms with E-state index in [1.54, 1.807) is 6.07 Å². The minimum Gasteiger partial charge on any atom is -0.508 e. The van der Waals surface area contributed by atoms with Gasteiger partial charge in [-0.15, -0.1) is 0 Å². The Balaban J connectivity index is 2.14. The molecule has 2 aromatic rings. The summed E-state index contributed by atoms with van der Waals surface area (Å²) in [6, 6.07) is 9.98. The van der Waals surface area contributed by atoms with Gasteiger partial charge in [-0.05, 0) is 42.5 Å². The van der Waals surface area contributed by atoms with Gasteiger partial charge in [-0.1, -0.05) is 11.8 Å². The van der Waals surface area contributed by atoms with Crippen LogP contribution in [0.15, 0.2) is 42.5 Å². The smallest absolute Gasteiger partial charge is 0.255 e. The van der Waals surface area contributed by atoms with Gasteiger partial charge in [0.25, 0.3) is 5.91 Å². The topological polar surface area (TPSA) is 75.3 Å². The summed E-state index contributed by atoms with van der Waals surface area (Å²) in [5.74, 6) is 4.31. The van der Waals surface area contributed by atoms with Crippen molar-refractivity contribution in [3.8, 4) is 17.6 Å². The van der Waals surface area contributed by atoms with E-state index in [0.29, 0.717) is 11.3 Å². The van der Waals surface area contributed by atoms with Crippen molar-refractivity contribution in [2.75, 3.05) is 11.9 Å². The third-order valence-corrected chi connectivity index (χ3v) is 2.68. The summed E-state index contributed by atoms with van der Waals surface area (Å²) in [6.45, 7) is 0.152. The van der Waals surface area contributed by atoms with Crippen LogP contribution in [0.3, 0.4) is 0 Å². The highest BCUT2D eigenvalue weighted by Gasteiger charge is 2.07. The first-order chi connectivity index (χ1) is 10.1. The van der Waals surface area contributed by atoms with Crippen LogP contribution in [0.2, 0.25) is 0 Å². The van der Waals surface area contributed by atoms with Gasteiger partial charge in [0.15, 0.2) is 0 Å². The maximum absolute atomic E-state index is 13.8. The average Bonchev–Trinajstić information content (AvgIpc) is 2.47.